The van der Waals surface area contributed by atoms with E-state index in [0.717, 1.165) is 35.7 Å². The quantitative estimate of drug-likeness (QED) is 0.260. The number of hydrogen-bond acceptors (Lipinski definition) is 6. The van der Waals surface area contributed by atoms with Crippen molar-refractivity contribution in [2.45, 2.75) is 44.9 Å². The molecule has 2 fully saturated rings. The van der Waals surface area contributed by atoms with Crippen LogP contribution in [0.2, 0.25) is 0 Å². The van der Waals surface area contributed by atoms with Gasteiger partial charge < -0.3 is 24.8 Å². The molecule has 0 bridgehead atoms. The smallest absolute Gasteiger partial charge is 0.418 e. The van der Waals surface area contributed by atoms with E-state index in [1.54, 1.807) is 11.0 Å². The van der Waals surface area contributed by atoms with E-state index in [1.165, 1.54) is 18.3 Å². The maximum absolute atomic E-state index is 13.9. The first-order valence-electron chi connectivity index (χ1n) is 16.0. The number of carbonyl (C=O) groups is 2. The summed E-state index contributed by atoms with van der Waals surface area (Å²) in [6.07, 6.45) is -1.73. The molecule has 0 saturated carbocycles. The van der Waals surface area contributed by atoms with Crippen LogP contribution in [-0.4, -0.2) is 89.8 Å². The Hall–Kier alpha value is -4.58. The molecule has 9 nitrogen and oxygen atoms in total. The van der Waals surface area contributed by atoms with E-state index in [4.69, 9.17) is 9.72 Å². The van der Waals surface area contributed by atoms with Crippen molar-refractivity contribution in [3.8, 4) is 17.0 Å². The normalized spacial score (nSPS) is 18.9. The number of para-hydroxylation sites is 2. The molecule has 2 aliphatic rings. The Labute approximate surface area is 271 Å². The highest BCUT2D eigenvalue weighted by atomic mass is 19.4. The van der Waals surface area contributed by atoms with Gasteiger partial charge in [0.05, 0.1) is 29.1 Å². The number of rotatable bonds is 7. The van der Waals surface area contributed by atoms with Gasteiger partial charge in [-0.05, 0) is 69.8 Å². The largest absolute Gasteiger partial charge is 0.493 e. The number of carbonyl (C=O) groups excluding carboxylic acids is 2. The van der Waals surface area contributed by atoms with E-state index >= 15 is 0 Å². The second-order valence-electron chi connectivity index (χ2n) is 12.1. The van der Waals surface area contributed by atoms with E-state index in [2.05, 4.69) is 15.1 Å². The maximum atomic E-state index is 13.9. The molecular weight excluding hydrogens is 609 g/mol. The van der Waals surface area contributed by atoms with Gasteiger partial charge in [-0.1, -0.05) is 31.2 Å². The SMILES string of the molecule is CCOc1ccccc1-c1ccc(N2CCN(C(=O)n3ccc4cccc(C(F)(F)F)c43)C[C@H]2CC)c(C(=O)N[C@@H]2CCN(C)C2)n1. The number of aromatic nitrogens is 2. The van der Waals surface area contributed by atoms with Gasteiger partial charge in [0.15, 0.2) is 5.69 Å². The van der Waals surface area contributed by atoms with E-state index in [0.29, 0.717) is 42.1 Å². The third-order valence-electron chi connectivity index (χ3n) is 9.04. The van der Waals surface area contributed by atoms with Crippen LogP contribution in [0.1, 0.15) is 42.7 Å². The number of likely N-dealkylation sites (N-methyl/N-ethyl adjacent to an activating group) is 1. The number of benzene rings is 2. The van der Waals surface area contributed by atoms with Crippen LogP contribution in [0.5, 0.6) is 5.75 Å². The number of anilines is 1. The summed E-state index contributed by atoms with van der Waals surface area (Å²) in [4.78, 5) is 38.4. The molecule has 0 radical (unpaired) electrons. The molecule has 2 aliphatic heterocycles. The number of hydrogen-bond donors (Lipinski definition) is 1. The number of alkyl halides is 3. The molecule has 2 aromatic carbocycles. The number of fused-ring (bicyclic) bond motifs is 1. The standard InChI is InChI=1S/C35H39F3N6O3/c1-4-25-22-42(34(46)44-18-15-23-9-8-11-27(32(23)44)35(36,37)38)19-20-43(25)29-14-13-28(26-10-6-7-12-30(26)47-5-2)40-31(29)33(45)39-24-16-17-41(3)21-24/h6-15,18,24-25H,4-5,16-17,19-22H2,1-3H3,(H,39,45)/t24-,25-/m1/s1. The summed E-state index contributed by atoms with van der Waals surface area (Å²) in [6, 6.07) is 16.1. The van der Waals surface area contributed by atoms with E-state index in [9.17, 15) is 22.8 Å². The molecule has 12 heteroatoms. The summed E-state index contributed by atoms with van der Waals surface area (Å²) in [5, 5.41) is 3.52. The lowest BCUT2D eigenvalue weighted by molar-refractivity contribution is -0.136. The van der Waals surface area contributed by atoms with Crippen molar-refractivity contribution in [1.29, 1.82) is 0 Å². The van der Waals surface area contributed by atoms with Gasteiger partial charge in [-0.2, -0.15) is 13.2 Å². The van der Waals surface area contributed by atoms with Crippen molar-refractivity contribution in [1.82, 2.24) is 24.7 Å². The fraction of sp³-hybridized carbons (Fsp3) is 0.400. The number of amides is 2. The highest BCUT2D eigenvalue weighted by Gasteiger charge is 2.37. The average molecular weight is 649 g/mol. The fourth-order valence-electron chi connectivity index (χ4n) is 6.70. The maximum Gasteiger partial charge on any atom is 0.418 e. The van der Waals surface area contributed by atoms with Crippen LogP contribution in [0, 0.1) is 0 Å². The van der Waals surface area contributed by atoms with Crippen molar-refractivity contribution in [3.63, 3.8) is 0 Å². The third kappa shape index (κ3) is 6.51. The minimum atomic E-state index is -4.60. The first kappa shape index (κ1) is 32.4. The number of pyridine rings is 1. The predicted octanol–water partition coefficient (Wildman–Crippen LogP) is 6.12. The van der Waals surface area contributed by atoms with Crippen LogP contribution in [0.4, 0.5) is 23.7 Å². The fourth-order valence-corrected chi connectivity index (χ4v) is 6.70. The summed E-state index contributed by atoms with van der Waals surface area (Å²) in [5.74, 6) is 0.395. The van der Waals surface area contributed by atoms with Gasteiger partial charge in [-0.15, -0.1) is 0 Å². The third-order valence-corrected chi connectivity index (χ3v) is 9.04. The van der Waals surface area contributed by atoms with Crippen LogP contribution in [0.25, 0.3) is 22.2 Å². The van der Waals surface area contributed by atoms with Gasteiger partial charge in [-0.25, -0.2) is 9.78 Å². The van der Waals surface area contributed by atoms with Crippen LogP contribution < -0.4 is 15.0 Å². The van der Waals surface area contributed by atoms with Crippen molar-refractivity contribution in [3.05, 3.63) is 78.1 Å². The predicted molar refractivity (Wildman–Crippen MR) is 175 cm³/mol. The second-order valence-corrected chi connectivity index (χ2v) is 12.1. The number of ether oxygens (including phenoxy) is 1. The lowest BCUT2D eigenvalue weighted by Crippen LogP contribution is -2.56. The zero-order valence-electron chi connectivity index (χ0n) is 26.8. The average Bonchev–Trinajstić information content (AvgIpc) is 3.69. The number of likely N-dealkylation sites (tertiary alicyclic amines) is 1. The Balaban J connectivity index is 1.32. The first-order chi connectivity index (χ1) is 22.6. The highest BCUT2D eigenvalue weighted by Crippen LogP contribution is 2.36. The molecule has 0 aliphatic carbocycles. The lowest BCUT2D eigenvalue weighted by atomic mass is 10.0. The molecule has 6 rings (SSSR count). The van der Waals surface area contributed by atoms with E-state index in [-0.39, 0.29) is 42.3 Å². The van der Waals surface area contributed by atoms with Gasteiger partial charge in [0.2, 0.25) is 0 Å². The zero-order chi connectivity index (χ0) is 33.3. The number of halogens is 3. The molecule has 47 heavy (non-hydrogen) atoms. The van der Waals surface area contributed by atoms with Gasteiger partial charge in [0, 0.05) is 55.4 Å². The Morgan fingerprint density at radius 2 is 1.79 bits per heavy atom. The first-order valence-corrected chi connectivity index (χ1v) is 16.0. The second kappa shape index (κ2) is 13.3. The summed E-state index contributed by atoms with van der Waals surface area (Å²) in [7, 11) is 2.02. The summed E-state index contributed by atoms with van der Waals surface area (Å²) >= 11 is 0. The molecule has 2 atom stereocenters. The molecule has 2 amide bonds. The molecule has 1 N–H and O–H groups in total. The van der Waals surface area contributed by atoms with Crippen molar-refractivity contribution in [2.24, 2.45) is 0 Å². The summed E-state index contributed by atoms with van der Waals surface area (Å²) < 4.78 is 48.6. The minimum absolute atomic E-state index is 0.00376. The minimum Gasteiger partial charge on any atom is -0.493 e. The van der Waals surface area contributed by atoms with Crippen LogP contribution in [-0.2, 0) is 6.18 Å². The van der Waals surface area contributed by atoms with Crippen molar-refractivity contribution in [2.75, 3.05) is 51.3 Å². The van der Waals surface area contributed by atoms with Gasteiger partial charge in [-0.3, -0.25) is 9.36 Å². The topological polar surface area (TPSA) is 82.9 Å². The Kier molecular flexibility index (Phi) is 9.14. The number of nitrogens with zero attached hydrogens (tertiary/aromatic N) is 5. The van der Waals surface area contributed by atoms with Gasteiger partial charge in [0.1, 0.15) is 5.75 Å². The Morgan fingerprint density at radius 1 is 0.979 bits per heavy atom. The number of nitrogens with one attached hydrogen (secondary N) is 1. The van der Waals surface area contributed by atoms with E-state index in [1.807, 2.05) is 57.3 Å². The molecule has 0 unspecified atom stereocenters. The van der Waals surface area contributed by atoms with Gasteiger partial charge >= 0.3 is 12.2 Å². The Bertz CT molecular complexity index is 1770. The molecule has 4 heterocycles. The molecule has 2 aromatic heterocycles. The van der Waals surface area contributed by atoms with Crippen molar-refractivity contribution < 1.29 is 27.5 Å². The monoisotopic (exact) mass is 648 g/mol. The molecule has 0 spiro atoms. The molecule has 2 saturated heterocycles. The van der Waals surface area contributed by atoms with Crippen LogP contribution >= 0.6 is 0 Å². The molecule has 248 valence electrons. The molecule has 4 aromatic rings. The van der Waals surface area contributed by atoms with Crippen LogP contribution in [0.3, 0.4) is 0 Å². The zero-order valence-corrected chi connectivity index (χ0v) is 26.8. The van der Waals surface area contributed by atoms with Crippen LogP contribution in [0.15, 0.2) is 66.9 Å². The van der Waals surface area contributed by atoms with Crippen molar-refractivity contribution >= 4 is 28.5 Å². The van der Waals surface area contributed by atoms with E-state index < -0.39 is 17.8 Å². The Morgan fingerprint density at radius 3 is 2.51 bits per heavy atom. The number of piperazine rings is 1. The summed E-state index contributed by atoms with van der Waals surface area (Å²) in [6.45, 7) is 6.92. The summed E-state index contributed by atoms with van der Waals surface area (Å²) in [5.41, 5.74) is 1.32. The highest BCUT2D eigenvalue weighted by molar-refractivity contribution is 5.99. The lowest BCUT2D eigenvalue weighted by Gasteiger charge is -2.43. The van der Waals surface area contributed by atoms with Gasteiger partial charge in [0.25, 0.3) is 5.91 Å². The molecular formula is C35H39F3N6O3.